The number of hydrogen-bond donors (Lipinski definition) is 0. The lowest BCUT2D eigenvalue weighted by molar-refractivity contribution is -0.173. The maximum Gasteiger partial charge on any atom is 0.330 e. The van der Waals surface area contributed by atoms with Crippen LogP contribution in [-0.4, -0.2) is 24.1 Å². The van der Waals surface area contributed by atoms with Crippen molar-refractivity contribution in [3.05, 3.63) is 47.6 Å². The van der Waals surface area contributed by atoms with Gasteiger partial charge in [-0.2, -0.15) is 0 Å². The summed E-state index contributed by atoms with van der Waals surface area (Å²) in [6.45, 7) is 27.3. The van der Waals surface area contributed by atoms with E-state index in [1.54, 1.807) is 12.2 Å². The Hall–Kier alpha value is -2.10. The number of rotatable bonds is 2. The minimum absolute atomic E-state index is 0.0236. The molecule has 0 saturated heterocycles. The summed E-state index contributed by atoms with van der Waals surface area (Å²) >= 11 is 0. The Morgan fingerprint density at radius 1 is 0.659 bits per heavy atom. The first kappa shape index (κ1) is 33.3. The number of ether oxygens (including phenoxy) is 2. The predicted molar refractivity (Wildman–Crippen MR) is 179 cm³/mol. The minimum Gasteiger partial charge on any atom is -0.458 e. The molecule has 6 rings (SSSR count). The first-order chi connectivity index (χ1) is 20.6. The van der Waals surface area contributed by atoms with Crippen LogP contribution in [0.25, 0.3) is 0 Å². The van der Waals surface area contributed by atoms with Crippen molar-refractivity contribution in [1.29, 1.82) is 0 Å². The van der Waals surface area contributed by atoms with E-state index >= 15 is 0 Å². The van der Waals surface area contributed by atoms with Crippen molar-refractivity contribution in [3.8, 4) is 0 Å². The van der Waals surface area contributed by atoms with E-state index in [1.807, 2.05) is 0 Å². The van der Waals surface area contributed by atoms with E-state index in [2.05, 4.69) is 68.5 Å². The number of allylic oxidation sites excluding steroid dienone is 2. The zero-order valence-electron chi connectivity index (χ0n) is 29.2. The van der Waals surface area contributed by atoms with E-state index in [9.17, 15) is 9.59 Å². The van der Waals surface area contributed by atoms with Gasteiger partial charge in [-0.1, -0.05) is 77.0 Å². The molecular weight excluding hydrogens is 544 g/mol. The summed E-state index contributed by atoms with van der Waals surface area (Å²) in [4.78, 5) is 23.9. The van der Waals surface area contributed by atoms with Crippen LogP contribution in [-0.2, 0) is 19.1 Å². The van der Waals surface area contributed by atoms with E-state index in [0.29, 0.717) is 23.7 Å². The third kappa shape index (κ3) is 5.38. The highest BCUT2D eigenvalue weighted by Gasteiger charge is 2.59. The van der Waals surface area contributed by atoms with E-state index in [1.165, 1.54) is 75.4 Å². The molecule has 0 aromatic rings. The van der Waals surface area contributed by atoms with Crippen molar-refractivity contribution in [2.75, 3.05) is 0 Å². The molecule has 44 heavy (non-hydrogen) atoms. The van der Waals surface area contributed by atoms with Gasteiger partial charge in [0.1, 0.15) is 12.2 Å². The fraction of sp³-hybridized carbons (Fsp3) is 0.750. The number of esters is 2. The van der Waals surface area contributed by atoms with E-state index in [-0.39, 0.29) is 45.8 Å². The van der Waals surface area contributed by atoms with Gasteiger partial charge in [-0.3, -0.25) is 0 Å². The molecule has 0 aromatic heterocycles. The lowest BCUT2D eigenvalue weighted by Gasteiger charge is -2.60. The number of carbonyl (C=O) groups is 2. The van der Waals surface area contributed by atoms with Gasteiger partial charge in [0, 0.05) is 35.8 Å². The molecule has 4 aliphatic carbocycles. The Kier molecular flexibility index (Phi) is 9.01. The molecule has 2 heterocycles. The zero-order chi connectivity index (χ0) is 32.2. The first-order valence-electron chi connectivity index (χ1n) is 17.7. The van der Waals surface area contributed by atoms with Crippen LogP contribution in [0.3, 0.4) is 0 Å². The number of fused-ring (bicyclic) bond motifs is 2. The van der Waals surface area contributed by atoms with Crippen molar-refractivity contribution in [2.45, 2.75) is 145 Å². The average molecular weight is 605 g/mol. The van der Waals surface area contributed by atoms with Crippen molar-refractivity contribution in [1.82, 2.24) is 0 Å². The maximum absolute atomic E-state index is 12.0. The standard InChI is InChI=1S/2C20H30O2/c2*1-13-11-17(22-18(21)12-13)20(5)15(3)9-10-19(4)14(2)7-6-8-16(19)20/h2*12,15-17H,2,6-11H2,1,3-5H3/t2*15-,16+,17+,19+,20+/m11/s1. The zero-order valence-corrected chi connectivity index (χ0v) is 29.2. The van der Waals surface area contributed by atoms with E-state index < -0.39 is 0 Å². The Bertz CT molecular complexity index is 1160. The summed E-state index contributed by atoms with van der Waals surface area (Å²) in [6, 6.07) is 0. The van der Waals surface area contributed by atoms with Crippen molar-refractivity contribution < 1.29 is 19.1 Å². The number of cyclic esters (lactones) is 2. The predicted octanol–water partition coefficient (Wildman–Crippen LogP) is 10.1. The molecule has 0 N–H and O–H groups in total. The minimum atomic E-state index is -0.149. The third-order valence-electron chi connectivity index (χ3n) is 14.6. The normalized spacial score (nSPS) is 45.8. The average Bonchev–Trinajstić information content (AvgIpc) is 2.95. The summed E-state index contributed by atoms with van der Waals surface area (Å²) in [5.74, 6) is 2.02. The fourth-order valence-corrected chi connectivity index (χ4v) is 11.1. The van der Waals surface area contributed by atoms with Crippen molar-refractivity contribution >= 4 is 11.9 Å². The second-order valence-electron chi connectivity index (χ2n) is 16.8. The van der Waals surface area contributed by atoms with Crippen LogP contribution in [0.15, 0.2) is 47.6 Å². The molecule has 0 unspecified atom stereocenters. The quantitative estimate of drug-likeness (QED) is 0.232. The van der Waals surface area contributed by atoms with Gasteiger partial charge < -0.3 is 9.47 Å². The first-order valence-corrected chi connectivity index (χ1v) is 17.7. The van der Waals surface area contributed by atoms with Gasteiger partial charge in [0.15, 0.2) is 0 Å². The van der Waals surface area contributed by atoms with Gasteiger partial charge in [-0.05, 0) is 113 Å². The molecule has 10 atom stereocenters. The lowest BCUT2D eigenvalue weighted by atomic mass is 9.45. The Morgan fingerprint density at radius 2 is 1.02 bits per heavy atom. The summed E-state index contributed by atoms with van der Waals surface area (Å²) in [5, 5.41) is 0. The van der Waals surface area contributed by atoms with Crippen LogP contribution in [0.4, 0.5) is 0 Å². The van der Waals surface area contributed by atoms with Crippen molar-refractivity contribution in [2.24, 2.45) is 45.3 Å². The van der Waals surface area contributed by atoms with Gasteiger partial charge in [-0.25, -0.2) is 9.59 Å². The van der Waals surface area contributed by atoms with Gasteiger partial charge in [0.25, 0.3) is 0 Å². The topological polar surface area (TPSA) is 52.6 Å². The second-order valence-corrected chi connectivity index (χ2v) is 16.8. The Balaban J connectivity index is 0.000000175. The smallest absolute Gasteiger partial charge is 0.330 e. The highest BCUT2D eigenvalue weighted by molar-refractivity contribution is 5.84. The van der Waals surface area contributed by atoms with Gasteiger partial charge >= 0.3 is 11.9 Å². The van der Waals surface area contributed by atoms with E-state index in [0.717, 1.165) is 24.0 Å². The van der Waals surface area contributed by atoms with Crippen LogP contribution in [0, 0.1) is 45.3 Å². The maximum atomic E-state index is 12.0. The number of hydrogen-bond acceptors (Lipinski definition) is 4. The van der Waals surface area contributed by atoms with E-state index in [4.69, 9.17) is 9.47 Å². The summed E-state index contributed by atoms with van der Waals surface area (Å²) in [7, 11) is 0. The summed E-state index contributed by atoms with van der Waals surface area (Å²) in [5.41, 5.74) is 5.74. The summed E-state index contributed by atoms with van der Waals surface area (Å²) < 4.78 is 11.7. The highest BCUT2D eigenvalue weighted by Crippen LogP contribution is 2.65. The molecule has 0 spiro atoms. The molecule has 4 fully saturated rings. The SMILES string of the molecule is C=C1CCC[C@@H]2[C@@](C)([C@@H]3CC(C)=CC(=O)O3)[C@H](C)CC[C@@]12C.C=C1CCC[C@@H]2[C@@](C)([C@@H]3CC(C)=CC(=O)O3)[C@H](C)CC[C@@]12C. The largest absolute Gasteiger partial charge is 0.458 e. The fourth-order valence-electron chi connectivity index (χ4n) is 11.1. The van der Waals surface area contributed by atoms with Crippen molar-refractivity contribution in [3.63, 3.8) is 0 Å². The van der Waals surface area contributed by atoms with Crippen LogP contribution in [0.1, 0.15) is 132 Å². The van der Waals surface area contributed by atoms with Crippen LogP contribution < -0.4 is 0 Å². The molecule has 244 valence electrons. The Morgan fingerprint density at radius 3 is 1.36 bits per heavy atom. The molecule has 0 bridgehead atoms. The second kappa shape index (κ2) is 11.9. The van der Waals surface area contributed by atoms with Gasteiger partial charge in [0.2, 0.25) is 0 Å². The van der Waals surface area contributed by atoms with Crippen LogP contribution in [0.5, 0.6) is 0 Å². The van der Waals surface area contributed by atoms with Crippen LogP contribution >= 0.6 is 0 Å². The molecule has 4 nitrogen and oxygen atoms in total. The molecule has 2 aliphatic heterocycles. The lowest BCUT2D eigenvalue weighted by Crippen LogP contribution is -2.56. The molecule has 0 aromatic carbocycles. The summed E-state index contributed by atoms with van der Waals surface area (Å²) in [6.07, 6.45) is 17.3. The molecule has 4 saturated carbocycles. The molecule has 0 amide bonds. The van der Waals surface area contributed by atoms with Gasteiger partial charge in [0.05, 0.1) is 0 Å². The van der Waals surface area contributed by atoms with Gasteiger partial charge in [-0.15, -0.1) is 0 Å². The monoisotopic (exact) mass is 604 g/mol. The highest BCUT2D eigenvalue weighted by atomic mass is 16.5. The third-order valence-corrected chi connectivity index (χ3v) is 14.6. The Labute approximate surface area is 268 Å². The molecule has 6 aliphatic rings. The molecule has 0 radical (unpaired) electrons. The van der Waals surface area contributed by atoms with Crippen LogP contribution in [0.2, 0.25) is 0 Å². The molecule has 4 heteroatoms. The number of carbonyl (C=O) groups excluding carboxylic acids is 2. The molecular formula is C40H60O4.